The molecule has 0 spiro atoms. The molecule has 0 aliphatic carbocycles. The molecule has 0 aliphatic rings. The lowest BCUT2D eigenvalue weighted by Gasteiger charge is -2.04. The molecule has 0 aromatic carbocycles. The zero-order chi connectivity index (χ0) is 8.53. The fourth-order valence-electron chi connectivity index (χ4n) is 0.864. The molecule has 0 amide bonds. The minimum Gasteiger partial charge on any atom is -0.438 e. The summed E-state index contributed by atoms with van der Waals surface area (Å²) >= 11 is 0. The molecule has 2 heteroatoms. The van der Waals surface area contributed by atoms with E-state index in [9.17, 15) is 0 Å². The van der Waals surface area contributed by atoms with Crippen molar-refractivity contribution in [3.05, 3.63) is 24.3 Å². The average Bonchev–Trinajstić information content (AvgIpc) is 2.05. The molecule has 0 radical (unpaired) electrons. The molecule has 0 bridgehead atoms. The monoisotopic (exact) mass is 152 g/mol. The standard InChI is InChI=1S/C9H17BO/c1-4-6-8-10(11-3)9-7-5-2/h4-7H,8-9H2,1-3H3/b6-4+,7-5+. The summed E-state index contributed by atoms with van der Waals surface area (Å²) in [6.45, 7) is 4.41. The molecule has 0 saturated carbocycles. The lowest BCUT2D eigenvalue weighted by Crippen LogP contribution is -2.12. The van der Waals surface area contributed by atoms with Gasteiger partial charge in [0.2, 0.25) is 0 Å². The topological polar surface area (TPSA) is 9.23 Å². The Kier molecular flexibility index (Phi) is 7.27. The van der Waals surface area contributed by atoms with Gasteiger partial charge >= 0.3 is 0 Å². The van der Waals surface area contributed by atoms with Gasteiger partial charge in [-0.25, -0.2) is 0 Å². The molecule has 0 fully saturated rings. The van der Waals surface area contributed by atoms with Crippen LogP contribution in [0.1, 0.15) is 13.8 Å². The van der Waals surface area contributed by atoms with Crippen LogP contribution in [0.4, 0.5) is 0 Å². The molecule has 0 unspecified atom stereocenters. The predicted molar refractivity (Wildman–Crippen MR) is 52.0 cm³/mol. The van der Waals surface area contributed by atoms with E-state index in [1.165, 1.54) is 0 Å². The Morgan fingerprint density at radius 1 is 1.09 bits per heavy atom. The van der Waals surface area contributed by atoms with Gasteiger partial charge in [0.05, 0.1) is 0 Å². The second-order valence-corrected chi connectivity index (χ2v) is 2.47. The van der Waals surface area contributed by atoms with Crippen LogP contribution in [0.2, 0.25) is 12.6 Å². The highest BCUT2D eigenvalue weighted by molar-refractivity contribution is 6.52. The van der Waals surface area contributed by atoms with Crippen molar-refractivity contribution in [3.63, 3.8) is 0 Å². The summed E-state index contributed by atoms with van der Waals surface area (Å²) in [5.74, 6) is 0. The molecule has 1 nitrogen and oxygen atoms in total. The molecular formula is C9H17BO. The molecule has 0 N–H and O–H groups in total. The van der Waals surface area contributed by atoms with Crippen molar-refractivity contribution < 1.29 is 4.65 Å². The summed E-state index contributed by atoms with van der Waals surface area (Å²) in [4.78, 5) is 0. The normalized spacial score (nSPS) is 11.5. The molecular weight excluding hydrogens is 135 g/mol. The van der Waals surface area contributed by atoms with E-state index in [0.717, 1.165) is 12.6 Å². The van der Waals surface area contributed by atoms with Crippen molar-refractivity contribution in [2.24, 2.45) is 0 Å². The summed E-state index contributed by atoms with van der Waals surface area (Å²) in [6.07, 6.45) is 10.4. The fraction of sp³-hybridized carbons (Fsp3) is 0.556. The third-order valence-corrected chi connectivity index (χ3v) is 1.60. The molecule has 0 saturated heterocycles. The van der Waals surface area contributed by atoms with Crippen LogP contribution in [0, 0.1) is 0 Å². The molecule has 0 atom stereocenters. The van der Waals surface area contributed by atoms with Gasteiger partial charge in [-0.15, -0.1) is 0 Å². The zero-order valence-corrected chi connectivity index (χ0v) is 7.71. The van der Waals surface area contributed by atoms with Crippen LogP contribution in [-0.4, -0.2) is 14.0 Å². The first kappa shape index (κ1) is 10.5. The SMILES string of the molecule is C/C=C/CB(C/C=C/C)OC. The Labute approximate surface area is 70.3 Å². The molecule has 0 rings (SSSR count). The van der Waals surface area contributed by atoms with Crippen LogP contribution in [0.3, 0.4) is 0 Å². The van der Waals surface area contributed by atoms with Crippen LogP contribution >= 0.6 is 0 Å². The van der Waals surface area contributed by atoms with E-state index >= 15 is 0 Å². The van der Waals surface area contributed by atoms with Crippen LogP contribution in [0.25, 0.3) is 0 Å². The maximum Gasteiger partial charge on any atom is 0.300 e. The van der Waals surface area contributed by atoms with Gasteiger partial charge in [-0.1, -0.05) is 24.3 Å². The molecule has 62 valence electrons. The van der Waals surface area contributed by atoms with Crippen LogP contribution < -0.4 is 0 Å². The van der Waals surface area contributed by atoms with Gasteiger partial charge in [0.25, 0.3) is 6.92 Å². The lowest BCUT2D eigenvalue weighted by molar-refractivity contribution is 0.423. The number of allylic oxidation sites excluding steroid dienone is 4. The first-order valence-electron chi connectivity index (χ1n) is 4.10. The lowest BCUT2D eigenvalue weighted by atomic mass is 9.61. The van der Waals surface area contributed by atoms with Crippen LogP contribution in [0.5, 0.6) is 0 Å². The summed E-state index contributed by atoms with van der Waals surface area (Å²) in [7, 11) is 1.76. The maximum absolute atomic E-state index is 5.25. The van der Waals surface area contributed by atoms with Crippen molar-refractivity contribution in [1.29, 1.82) is 0 Å². The van der Waals surface area contributed by atoms with E-state index in [2.05, 4.69) is 24.3 Å². The smallest absolute Gasteiger partial charge is 0.300 e. The molecule has 0 heterocycles. The fourth-order valence-corrected chi connectivity index (χ4v) is 0.864. The van der Waals surface area contributed by atoms with Gasteiger partial charge in [0.1, 0.15) is 0 Å². The number of rotatable bonds is 5. The van der Waals surface area contributed by atoms with E-state index in [1.54, 1.807) is 7.11 Å². The first-order valence-corrected chi connectivity index (χ1v) is 4.10. The Bertz CT molecular complexity index is 116. The highest BCUT2D eigenvalue weighted by Crippen LogP contribution is 2.02. The van der Waals surface area contributed by atoms with E-state index in [-0.39, 0.29) is 0 Å². The Morgan fingerprint density at radius 3 is 1.82 bits per heavy atom. The second-order valence-electron chi connectivity index (χ2n) is 2.47. The Hall–Kier alpha value is -0.495. The van der Waals surface area contributed by atoms with Gasteiger partial charge in [-0.05, 0) is 26.5 Å². The van der Waals surface area contributed by atoms with Gasteiger partial charge in [-0.2, -0.15) is 0 Å². The highest BCUT2D eigenvalue weighted by Gasteiger charge is 2.08. The Morgan fingerprint density at radius 2 is 1.55 bits per heavy atom. The van der Waals surface area contributed by atoms with E-state index in [0.29, 0.717) is 6.92 Å². The predicted octanol–water partition coefficient (Wildman–Crippen LogP) is 2.78. The van der Waals surface area contributed by atoms with Crippen LogP contribution in [-0.2, 0) is 4.65 Å². The average molecular weight is 152 g/mol. The second kappa shape index (κ2) is 7.61. The molecule has 0 aromatic heterocycles. The maximum atomic E-state index is 5.25. The third-order valence-electron chi connectivity index (χ3n) is 1.60. The van der Waals surface area contributed by atoms with E-state index < -0.39 is 0 Å². The van der Waals surface area contributed by atoms with Gasteiger partial charge in [0.15, 0.2) is 0 Å². The van der Waals surface area contributed by atoms with Gasteiger partial charge in [-0.3, -0.25) is 0 Å². The Balaban J connectivity index is 3.57. The minimum atomic E-state index is 0.349. The highest BCUT2D eigenvalue weighted by atomic mass is 16.4. The molecule has 0 aromatic rings. The molecule has 0 aliphatic heterocycles. The van der Waals surface area contributed by atoms with Crippen molar-refractivity contribution in [2.45, 2.75) is 26.5 Å². The summed E-state index contributed by atoms with van der Waals surface area (Å²) < 4.78 is 5.25. The summed E-state index contributed by atoms with van der Waals surface area (Å²) in [5.41, 5.74) is 0. The van der Waals surface area contributed by atoms with Crippen molar-refractivity contribution in [1.82, 2.24) is 0 Å². The van der Waals surface area contributed by atoms with E-state index in [4.69, 9.17) is 4.65 Å². The first-order chi connectivity index (χ1) is 5.35. The quantitative estimate of drug-likeness (QED) is 0.434. The number of hydrogen-bond donors (Lipinski definition) is 0. The van der Waals surface area contributed by atoms with Crippen molar-refractivity contribution >= 4 is 6.92 Å². The zero-order valence-electron chi connectivity index (χ0n) is 7.71. The third kappa shape index (κ3) is 5.93. The summed E-state index contributed by atoms with van der Waals surface area (Å²) in [6, 6.07) is 0. The number of hydrogen-bond acceptors (Lipinski definition) is 1. The van der Waals surface area contributed by atoms with Gasteiger partial charge in [0, 0.05) is 7.11 Å². The largest absolute Gasteiger partial charge is 0.438 e. The van der Waals surface area contributed by atoms with E-state index in [1.807, 2.05) is 13.8 Å². The summed E-state index contributed by atoms with van der Waals surface area (Å²) in [5, 5.41) is 0. The van der Waals surface area contributed by atoms with Gasteiger partial charge < -0.3 is 4.65 Å². The van der Waals surface area contributed by atoms with Crippen molar-refractivity contribution in [2.75, 3.05) is 7.11 Å². The van der Waals surface area contributed by atoms with Crippen molar-refractivity contribution in [3.8, 4) is 0 Å². The minimum absolute atomic E-state index is 0.349. The molecule has 11 heavy (non-hydrogen) atoms. The van der Waals surface area contributed by atoms with Crippen LogP contribution in [0.15, 0.2) is 24.3 Å².